The zero-order valence-electron chi connectivity index (χ0n) is 7.86. The van der Waals surface area contributed by atoms with Crippen LogP contribution >= 0.6 is 12.4 Å². The van der Waals surface area contributed by atoms with Crippen LogP contribution in [-0.4, -0.2) is 17.6 Å². The van der Waals surface area contributed by atoms with Crippen LogP contribution in [0, 0.1) is 11.8 Å². The van der Waals surface area contributed by atoms with Crippen molar-refractivity contribution in [2.24, 2.45) is 11.5 Å². The summed E-state index contributed by atoms with van der Waals surface area (Å²) in [5, 5.41) is 9.13. The van der Waals surface area contributed by atoms with Gasteiger partial charge in [0.25, 0.3) is 0 Å². The smallest absolute Gasteiger partial charge is 0.250 e. The molecule has 0 saturated carbocycles. The third kappa shape index (κ3) is 3.50. The first-order chi connectivity index (χ1) is 6.65. The van der Waals surface area contributed by atoms with E-state index < -0.39 is 5.91 Å². The van der Waals surface area contributed by atoms with E-state index in [2.05, 4.69) is 11.8 Å². The lowest BCUT2D eigenvalue weighted by molar-refractivity contribution is 0.0999. The van der Waals surface area contributed by atoms with Gasteiger partial charge in [-0.3, -0.25) is 4.79 Å². The maximum Gasteiger partial charge on any atom is 0.250 e. The number of amides is 1. The van der Waals surface area contributed by atoms with Gasteiger partial charge in [0.2, 0.25) is 5.91 Å². The van der Waals surface area contributed by atoms with E-state index in [4.69, 9.17) is 16.6 Å². The highest BCUT2D eigenvalue weighted by Gasteiger charge is 2.06. The Morgan fingerprint density at radius 3 is 2.67 bits per heavy atom. The maximum atomic E-state index is 10.9. The Labute approximate surface area is 93.7 Å². The van der Waals surface area contributed by atoms with Crippen LogP contribution in [0.15, 0.2) is 18.2 Å². The van der Waals surface area contributed by atoms with Gasteiger partial charge in [-0.2, -0.15) is 0 Å². The standard InChI is InChI=1S/C10H10N2O2.ClH/c11-5-1-2-7-3-4-8(13)6-9(7)10(12)14;/h3-4,6,13H,5,11H2,(H2,12,14);1H. The second-order valence-corrected chi connectivity index (χ2v) is 2.60. The minimum atomic E-state index is -0.623. The van der Waals surface area contributed by atoms with Gasteiger partial charge in [0.05, 0.1) is 12.1 Å². The van der Waals surface area contributed by atoms with E-state index in [9.17, 15) is 4.79 Å². The largest absolute Gasteiger partial charge is 0.508 e. The van der Waals surface area contributed by atoms with Crippen molar-refractivity contribution in [3.63, 3.8) is 0 Å². The van der Waals surface area contributed by atoms with Gasteiger partial charge in [-0.05, 0) is 18.2 Å². The van der Waals surface area contributed by atoms with E-state index in [1.165, 1.54) is 18.2 Å². The summed E-state index contributed by atoms with van der Waals surface area (Å²) in [6, 6.07) is 4.24. The molecule has 0 radical (unpaired) electrons. The van der Waals surface area contributed by atoms with Gasteiger partial charge in [-0.15, -0.1) is 12.4 Å². The molecule has 15 heavy (non-hydrogen) atoms. The third-order valence-corrected chi connectivity index (χ3v) is 1.59. The first-order valence-electron chi connectivity index (χ1n) is 3.97. The molecule has 0 unspecified atom stereocenters. The second kappa shape index (κ2) is 5.91. The summed E-state index contributed by atoms with van der Waals surface area (Å²) in [4.78, 5) is 10.9. The van der Waals surface area contributed by atoms with Crippen molar-refractivity contribution in [2.45, 2.75) is 0 Å². The SMILES string of the molecule is Cl.NCC#Cc1ccc(O)cc1C(N)=O. The van der Waals surface area contributed by atoms with Gasteiger partial charge in [-0.1, -0.05) is 11.8 Å². The third-order valence-electron chi connectivity index (χ3n) is 1.59. The number of carbonyl (C=O) groups excluding carboxylic acids is 1. The second-order valence-electron chi connectivity index (χ2n) is 2.60. The minimum absolute atomic E-state index is 0. The highest BCUT2D eigenvalue weighted by molar-refractivity contribution is 5.95. The van der Waals surface area contributed by atoms with Crippen LogP contribution in [-0.2, 0) is 0 Å². The molecule has 0 aliphatic heterocycles. The number of hydrogen-bond acceptors (Lipinski definition) is 3. The number of phenolic OH excluding ortho intramolecular Hbond substituents is 1. The Morgan fingerprint density at radius 1 is 1.47 bits per heavy atom. The molecular weight excluding hydrogens is 216 g/mol. The topological polar surface area (TPSA) is 89.3 Å². The zero-order valence-corrected chi connectivity index (χ0v) is 8.67. The number of rotatable bonds is 1. The molecule has 0 heterocycles. The fraction of sp³-hybridized carbons (Fsp3) is 0.100. The molecule has 0 aliphatic carbocycles. The van der Waals surface area contributed by atoms with E-state index in [0.717, 1.165) is 0 Å². The van der Waals surface area contributed by atoms with Gasteiger partial charge in [-0.25, -0.2) is 0 Å². The van der Waals surface area contributed by atoms with Crippen molar-refractivity contribution >= 4 is 18.3 Å². The van der Waals surface area contributed by atoms with Crippen LogP contribution in [0.25, 0.3) is 0 Å². The average Bonchev–Trinajstić information content (AvgIpc) is 2.15. The van der Waals surface area contributed by atoms with Crippen molar-refractivity contribution in [1.82, 2.24) is 0 Å². The quantitative estimate of drug-likeness (QED) is 0.599. The van der Waals surface area contributed by atoms with Gasteiger partial charge in [0.15, 0.2) is 0 Å². The molecule has 1 aromatic carbocycles. The summed E-state index contributed by atoms with van der Waals surface area (Å²) < 4.78 is 0. The molecule has 4 nitrogen and oxygen atoms in total. The van der Waals surface area contributed by atoms with E-state index in [1.807, 2.05) is 0 Å². The number of halogens is 1. The van der Waals surface area contributed by atoms with Crippen molar-refractivity contribution in [3.8, 4) is 17.6 Å². The van der Waals surface area contributed by atoms with Crippen molar-refractivity contribution in [2.75, 3.05) is 6.54 Å². The number of benzene rings is 1. The normalized spacial score (nSPS) is 8.33. The Bertz CT molecular complexity index is 421. The Morgan fingerprint density at radius 2 is 2.13 bits per heavy atom. The highest BCUT2D eigenvalue weighted by Crippen LogP contribution is 2.15. The highest BCUT2D eigenvalue weighted by atomic mass is 35.5. The number of aromatic hydroxyl groups is 1. The summed E-state index contributed by atoms with van der Waals surface area (Å²) in [6.07, 6.45) is 0. The molecule has 1 aromatic rings. The lowest BCUT2D eigenvalue weighted by atomic mass is 10.1. The fourth-order valence-electron chi connectivity index (χ4n) is 0.991. The van der Waals surface area contributed by atoms with Gasteiger partial charge >= 0.3 is 0 Å². The number of phenols is 1. The molecule has 5 N–H and O–H groups in total. The molecule has 0 bridgehead atoms. The van der Waals surface area contributed by atoms with Crippen LogP contribution in [0.4, 0.5) is 0 Å². The molecular formula is C10H11ClN2O2. The van der Waals surface area contributed by atoms with Crippen LogP contribution in [0.1, 0.15) is 15.9 Å². The van der Waals surface area contributed by atoms with Crippen molar-refractivity contribution in [3.05, 3.63) is 29.3 Å². The van der Waals surface area contributed by atoms with E-state index in [-0.39, 0.29) is 30.3 Å². The minimum Gasteiger partial charge on any atom is -0.508 e. The number of carbonyl (C=O) groups is 1. The molecule has 80 valence electrons. The molecule has 0 saturated heterocycles. The first-order valence-corrected chi connectivity index (χ1v) is 3.97. The summed E-state index contributed by atoms with van der Waals surface area (Å²) in [5.41, 5.74) is 11.0. The predicted molar refractivity (Wildman–Crippen MR) is 59.8 cm³/mol. The molecule has 0 atom stereocenters. The molecule has 1 rings (SSSR count). The molecule has 0 spiro atoms. The lowest BCUT2D eigenvalue weighted by Crippen LogP contribution is -2.12. The van der Waals surface area contributed by atoms with Crippen molar-refractivity contribution in [1.29, 1.82) is 0 Å². The maximum absolute atomic E-state index is 10.9. The van der Waals surface area contributed by atoms with E-state index >= 15 is 0 Å². The molecule has 0 aromatic heterocycles. The summed E-state index contributed by atoms with van der Waals surface area (Å²) in [6.45, 7) is 0.207. The van der Waals surface area contributed by atoms with Gasteiger partial charge in [0.1, 0.15) is 5.75 Å². The predicted octanol–water partition coefficient (Wildman–Crippen LogP) is 0.223. The summed E-state index contributed by atoms with van der Waals surface area (Å²) in [5.74, 6) is 4.66. The van der Waals surface area contributed by atoms with Crippen LogP contribution in [0.5, 0.6) is 5.75 Å². The number of nitrogens with two attached hydrogens (primary N) is 2. The Kier molecular flexibility index (Phi) is 5.24. The number of primary amides is 1. The Hall–Kier alpha value is -1.70. The van der Waals surface area contributed by atoms with E-state index in [0.29, 0.717) is 5.56 Å². The molecule has 1 amide bonds. The zero-order chi connectivity index (χ0) is 10.6. The number of hydrogen-bond donors (Lipinski definition) is 3. The monoisotopic (exact) mass is 226 g/mol. The van der Waals surface area contributed by atoms with Gasteiger partial charge in [0, 0.05) is 5.56 Å². The van der Waals surface area contributed by atoms with Crippen LogP contribution < -0.4 is 11.5 Å². The average molecular weight is 227 g/mol. The molecule has 0 fully saturated rings. The Balaban J connectivity index is 0.00000196. The first kappa shape index (κ1) is 13.3. The fourth-order valence-corrected chi connectivity index (χ4v) is 0.991. The van der Waals surface area contributed by atoms with Crippen LogP contribution in [0.2, 0.25) is 0 Å². The lowest BCUT2D eigenvalue weighted by Gasteiger charge is -2.00. The molecule has 5 heteroatoms. The van der Waals surface area contributed by atoms with Crippen molar-refractivity contribution < 1.29 is 9.90 Å². The van der Waals surface area contributed by atoms with E-state index in [1.54, 1.807) is 0 Å². The van der Waals surface area contributed by atoms with Crippen LogP contribution in [0.3, 0.4) is 0 Å². The van der Waals surface area contributed by atoms with Gasteiger partial charge < -0.3 is 16.6 Å². The summed E-state index contributed by atoms with van der Waals surface area (Å²) >= 11 is 0. The summed E-state index contributed by atoms with van der Waals surface area (Å²) in [7, 11) is 0. The molecule has 0 aliphatic rings.